The van der Waals surface area contributed by atoms with Crippen molar-refractivity contribution in [2.45, 2.75) is 19.1 Å². The molecule has 17 heavy (non-hydrogen) atoms. The third kappa shape index (κ3) is 2.31. The molecule has 1 aromatic heterocycles. The van der Waals surface area contributed by atoms with Crippen LogP contribution in [0, 0.1) is 0 Å². The first kappa shape index (κ1) is 12.0. The Morgan fingerprint density at radius 2 is 2.12 bits per heavy atom. The van der Waals surface area contributed by atoms with Crippen molar-refractivity contribution < 1.29 is 10.2 Å². The van der Waals surface area contributed by atoms with Gasteiger partial charge in [-0.25, -0.2) is 4.98 Å². The fourth-order valence-electron chi connectivity index (χ4n) is 1.97. The van der Waals surface area contributed by atoms with Crippen LogP contribution in [0.1, 0.15) is 18.3 Å². The third-order valence-corrected chi connectivity index (χ3v) is 2.75. The van der Waals surface area contributed by atoms with Gasteiger partial charge < -0.3 is 20.5 Å². The summed E-state index contributed by atoms with van der Waals surface area (Å²) in [7, 11) is 0. The molecule has 92 valence electrons. The van der Waals surface area contributed by atoms with Crippen molar-refractivity contribution in [2.24, 2.45) is 5.73 Å². The number of rotatable bonds is 5. The number of hydrogen-bond acceptors (Lipinski definition) is 4. The van der Waals surface area contributed by atoms with Crippen molar-refractivity contribution in [3.8, 4) is 0 Å². The molecule has 0 saturated heterocycles. The molecule has 0 bridgehead atoms. The van der Waals surface area contributed by atoms with Crippen LogP contribution in [0.4, 0.5) is 0 Å². The van der Waals surface area contributed by atoms with Crippen molar-refractivity contribution in [1.82, 2.24) is 9.55 Å². The minimum absolute atomic E-state index is 0.0166. The van der Waals surface area contributed by atoms with E-state index in [-0.39, 0.29) is 6.61 Å². The van der Waals surface area contributed by atoms with Gasteiger partial charge in [0.05, 0.1) is 17.6 Å². The van der Waals surface area contributed by atoms with E-state index < -0.39 is 6.10 Å². The molecule has 5 nitrogen and oxygen atoms in total. The Morgan fingerprint density at radius 3 is 2.82 bits per heavy atom. The molecule has 0 radical (unpaired) electrons. The molecular weight excluding hydrogens is 218 g/mol. The standard InChI is InChI=1S/C12H17N3O2/c13-6-5-11(17)12-14-9-3-1-2-4-10(9)15(12)7-8-16/h1-4,11,16-17H,5-8,13H2. The summed E-state index contributed by atoms with van der Waals surface area (Å²) < 4.78 is 1.84. The Kier molecular flexibility index (Phi) is 3.73. The van der Waals surface area contributed by atoms with Gasteiger partial charge in [-0.2, -0.15) is 0 Å². The van der Waals surface area contributed by atoms with Crippen molar-refractivity contribution in [1.29, 1.82) is 0 Å². The van der Waals surface area contributed by atoms with Gasteiger partial charge in [-0.1, -0.05) is 12.1 Å². The van der Waals surface area contributed by atoms with Crippen molar-refractivity contribution >= 4 is 11.0 Å². The van der Waals surface area contributed by atoms with E-state index in [9.17, 15) is 5.11 Å². The first-order valence-corrected chi connectivity index (χ1v) is 5.72. The van der Waals surface area contributed by atoms with E-state index in [0.717, 1.165) is 11.0 Å². The van der Waals surface area contributed by atoms with Gasteiger partial charge in [-0.3, -0.25) is 0 Å². The molecule has 1 unspecified atom stereocenters. The zero-order chi connectivity index (χ0) is 12.3. The van der Waals surface area contributed by atoms with Crippen LogP contribution < -0.4 is 5.73 Å². The van der Waals surface area contributed by atoms with E-state index in [2.05, 4.69) is 4.98 Å². The topological polar surface area (TPSA) is 84.3 Å². The van der Waals surface area contributed by atoms with E-state index in [1.165, 1.54) is 0 Å². The summed E-state index contributed by atoms with van der Waals surface area (Å²) in [4.78, 5) is 4.40. The second-order valence-electron chi connectivity index (χ2n) is 3.93. The lowest BCUT2D eigenvalue weighted by Crippen LogP contribution is -2.14. The highest BCUT2D eigenvalue weighted by atomic mass is 16.3. The Labute approximate surface area is 99.5 Å². The zero-order valence-corrected chi connectivity index (χ0v) is 9.58. The molecule has 0 aliphatic carbocycles. The molecule has 0 aliphatic rings. The lowest BCUT2D eigenvalue weighted by Gasteiger charge is -2.12. The molecule has 0 fully saturated rings. The molecule has 2 rings (SSSR count). The number of aliphatic hydroxyl groups is 2. The quantitative estimate of drug-likeness (QED) is 0.701. The molecule has 1 heterocycles. The molecule has 0 amide bonds. The van der Waals surface area contributed by atoms with Crippen molar-refractivity contribution in [3.05, 3.63) is 30.1 Å². The Hall–Kier alpha value is -1.43. The van der Waals surface area contributed by atoms with Crippen LogP contribution in [0.2, 0.25) is 0 Å². The molecule has 1 aromatic carbocycles. The predicted molar refractivity (Wildman–Crippen MR) is 65.5 cm³/mol. The van der Waals surface area contributed by atoms with Crippen LogP contribution in [0.15, 0.2) is 24.3 Å². The number of hydrogen-bond donors (Lipinski definition) is 3. The number of nitrogens with two attached hydrogens (primary N) is 1. The SMILES string of the molecule is NCCC(O)c1nc2ccccc2n1CCO. The van der Waals surface area contributed by atoms with Gasteiger partial charge in [0.25, 0.3) is 0 Å². The third-order valence-electron chi connectivity index (χ3n) is 2.75. The first-order valence-electron chi connectivity index (χ1n) is 5.72. The highest BCUT2D eigenvalue weighted by molar-refractivity contribution is 5.76. The van der Waals surface area contributed by atoms with Crippen LogP contribution >= 0.6 is 0 Å². The minimum Gasteiger partial charge on any atom is -0.395 e. The van der Waals surface area contributed by atoms with Crippen molar-refractivity contribution in [3.63, 3.8) is 0 Å². The maximum absolute atomic E-state index is 9.98. The van der Waals surface area contributed by atoms with Crippen LogP contribution in [-0.4, -0.2) is 32.9 Å². The Balaban J connectivity index is 2.49. The molecule has 0 spiro atoms. The molecule has 0 aliphatic heterocycles. The van der Waals surface area contributed by atoms with Gasteiger partial charge >= 0.3 is 0 Å². The van der Waals surface area contributed by atoms with Gasteiger partial charge in [-0.05, 0) is 25.1 Å². The van der Waals surface area contributed by atoms with Gasteiger partial charge in [0.15, 0.2) is 0 Å². The van der Waals surface area contributed by atoms with Crippen LogP contribution in [-0.2, 0) is 6.54 Å². The molecule has 1 atom stereocenters. The summed E-state index contributed by atoms with van der Waals surface area (Å²) in [6.07, 6.45) is -0.215. The summed E-state index contributed by atoms with van der Waals surface area (Å²) in [6, 6.07) is 7.63. The average molecular weight is 235 g/mol. The highest BCUT2D eigenvalue weighted by Crippen LogP contribution is 2.22. The second-order valence-corrected chi connectivity index (χ2v) is 3.93. The highest BCUT2D eigenvalue weighted by Gasteiger charge is 2.16. The summed E-state index contributed by atoms with van der Waals surface area (Å²) in [5, 5.41) is 19.1. The summed E-state index contributed by atoms with van der Waals surface area (Å²) in [5.74, 6) is 0.575. The number of para-hydroxylation sites is 2. The largest absolute Gasteiger partial charge is 0.395 e. The Morgan fingerprint density at radius 1 is 1.35 bits per heavy atom. The number of fused-ring (bicyclic) bond motifs is 1. The number of aromatic nitrogens is 2. The fourth-order valence-corrected chi connectivity index (χ4v) is 1.97. The monoisotopic (exact) mass is 235 g/mol. The van der Waals surface area contributed by atoms with Crippen LogP contribution in [0.5, 0.6) is 0 Å². The first-order chi connectivity index (χ1) is 8.27. The van der Waals surface area contributed by atoms with E-state index >= 15 is 0 Å². The number of imidazole rings is 1. The van der Waals surface area contributed by atoms with Crippen LogP contribution in [0.3, 0.4) is 0 Å². The molecule has 5 heteroatoms. The van der Waals surface area contributed by atoms with E-state index in [1.807, 2.05) is 28.8 Å². The normalized spacial score (nSPS) is 13.1. The van der Waals surface area contributed by atoms with E-state index in [4.69, 9.17) is 10.8 Å². The lowest BCUT2D eigenvalue weighted by atomic mass is 10.2. The summed E-state index contributed by atoms with van der Waals surface area (Å²) >= 11 is 0. The van der Waals surface area contributed by atoms with Gasteiger partial charge in [0.2, 0.25) is 0 Å². The second kappa shape index (κ2) is 5.27. The van der Waals surface area contributed by atoms with E-state index in [1.54, 1.807) is 0 Å². The van der Waals surface area contributed by atoms with Gasteiger partial charge in [0, 0.05) is 6.54 Å². The molecule has 4 N–H and O–H groups in total. The van der Waals surface area contributed by atoms with Crippen molar-refractivity contribution in [2.75, 3.05) is 13.2 Å². The summed E-state index contributed by atoms with van der Waals surface area (Å²) in [5.41, 5.74) is 7.19. The van der Waals surface area contributed by atoms with Crippen LogP contribution in [0.25, 0.3) is 11.0 Å². The lowest BCUT2D eigenvalue weighted by molar-refractivity contribution is 0.154. The van der Waals surface area contributed by atoms with Gasteiger partial charge in [-0.15, -0.1) is 0 Å². The average Bonchev–Trinajstić information content (AvgIpc) is 2.70. The van der Waals surface area contributed by atoms with E-state index in [0.29, 0.717) is 25.3 Å². The number of aliphatic hydroxyl groups excluding tert-OH is 2. The molecule has 0 saturated carbocycles. The molecule has 2 aromatic rings. The maximum Gasteiger partial charge on any atom is 0.138 e. The zero-order valence-electron chi connectivity index (χ0n) is 9.58. The Bertz CT molecular complexity index is 495. The maximum atomic E-state index is 9.98. The van der Waals surface area contributed by atoms with Gasteiger partial charge in [0.1, 0.15) is 11.9 Å². The fraction of sp³-hybridized carbons (Fsp3) is 0.417. The smallest absolute Gasteiger partial charge is 0.138 e. The predicted octanol–water partition coefficient (Wildman–Crippen LogP) is 0.411. The minimum atomic E-state index is -0.682. The number of benzene rings is 1. The number of nitrogens with zero attached hydrogens (tertiary/aromatic N) is 2. The summed E-state index contributed by atoms with van der Waals surface area (Å²) in [6.45, 7) is 0.851. The molecular formula is C12H17N3O2.